The lowest BCUT2D eigenvalue weighted by Crippen LogP contribution is -2.53. The van der Waals surface area contributed by atoms with Crippen molar-refractivity contribution in [1.29, 1.82) is 0 Å². The highest BCUT2D eigenvalue weighted by Gasteiger charge is 2.38. The first-order valence-corrected chi connectivity index (χ1v) is 7.69. The predicted octanol–water partition coefficient (Wildman–Crippen LogP) is 1.57. The van der Waals surface area contributed by atoms with Crippen molar-refractivity contribution in [1.82, 2.24) is 4.31 Å². The van der Waals surface area contributed by atoms with E-state index in [1.54, 1.807) is 0 Å². The highest BCUT2D eigenvalue weighted by molar-refractivity contribution is 7.89. The molecule has 0 radical (unpaired) electrons. The van der Waals surface area contributed by atoms with Gasteiger partial charge in [-0.1, -0.05) is 19.9 Å². The maximum absolute atomic E-state index is 13.2. The van der Waals surface area contributed by atoms with Gasteiger partial charge in [0.2, 0.25) is 10.0 Å². The van der Waals surface area contributed by atoms with Crippen LogP contribution in [0.1, 0.15) is 20.3 Å². The summed E-state index contributed by atoms with van der Waals surface area (Å²) in [6, 6.07) is 5.08. The van der Waals surface area contributed by atoms with Crippen molar-refractivity contribution in [3.8, 4) is 0 Å². The van der Waals surface area contributed by atoms with E-state index in [1.807, 2.05) is 13.8 Å². The molecule has 1 aliphatic heterocycles. The fraction of sp³-hybridized carbons (Fsp3) is 0.538. The number of rotatable bonds is 2. The summed E-state index contributed by atoms with van der Waals surface area (Å²) in [5, 5.41) is 0. The van der Waals surface area contributed by atoms with Crippen LogP contribution < -0.4 is 5.73 Å². The summed E-state index contributed by atoms with van der Waals surface area (Å²) in [6.07, 6.45) is 0.613. The zero-order valence-electron chi connectivity index (χ0n) is 11.1. The van der Waals surface area contributed by atoms with Crippen LogP contribution in [-0.2, 0) is 10.0 Å². The maximum Gasteiger partial charge on any atom is 0.243 e. The van der Waals surface area contributed by atoms with Crippen LogP contribution in [0.25, 0.3) is 0 Å². The van der Waals surface area contributed by atoms with Gasteiger partial charge in [0.1, 0.15) is 5.82 Å². The van der Waals surface area contributed by atoms with Crippen molar-refractivity contribution < 1.29 is 12.8 Å². The monoisotopic (exact) mass is 286 g/mol. The second-order valence-electron chi connectivity index (χ2n) is 5.68. The summed E-state index contributed by atoms with van der Waals surface area (Å²) in [7, 11) is -3.64. The third kappa shape index (κ3) is 2.80. The minimum Gasteiger partial charge on any atom is -0.327 e. The Kier molecular flexibility index (Phi) is 3.68. The number of nitrogens with two attached hydrogens (primary N) is 1. The smallest absolute Gasteiger partial charge is 0.243 e. The lowest BCUT2D eigenvalue weighted by molar-refractivity contribution is 0.155. The van der Waals surface area contributed by atoms with Crippen molar-refractivity contribution in [2.45, 2.75) is 31.2 Å². The van der Waals surface area contributed by atoms with Crippen LogP contribution in [0.3, 0.4) is 0 Å². The molecule has 0 aliphatic carbocycles. The van der Waals surface area contributed by atoms with E-state index in [1.165, 1.54) is 22.5 Å². The molecule has 0 amide bonds. The largest absolute Gasteiger partial charge is 0.327 e. The van der Waals surface area contributed by atoms with Gasteiger partial charge < -0.3 is 5.73 Å². The quantitative estimate of drug-likeness (QED) is 0.897. The number of hydrogen-bond donors (Lipinski definition) is 1. The van der Waals surface area contributed by atoms with Crippen LogP contribution >= 0.6 is 0 Å². The van der Waals surface area contributed by atoms with Crippen LogP contribution in [0, 0.1) is 11.2 Å². The average Bonchev–Trinajstić information content (AvgIpc) is 2.32. The van der Waals surface area contributed by atoms with Gasteiger partial charge in [-0.25, -0.2) is 12.8 Å². The topological polar surface area (TPSA) is 63.4 Å². The molecule has 1 aromatic rings. The number of piperidine rings is 1. The molecule has 106 valence electrons. The van der Waals surface area contributed by atoms with E-state index >= 15 is 0 Å². The average molecular weight is 286 g/mol. The zero-order chi connectivity index (χ0) is 14.3. The Morgan fingerprint density at radius 1 is 1.42 bits per heavy atom. The van der Waals surface area contributed by atoms with E-state index in [0.717, 1.165) is 6.07 Å². The molecule has 19 heavy (non-hydrogen) atoms. The van der Waals surface area contributed by atoms with E-state index in [2.05, 4.69) is 0 Å². The summed E-state index contributed by atoms with van der Waals surface area (Å²) in [4.78, 5) is -0.00114. The minimum atomic E-state index is -3.64. The molecule has 0 aromatic heterocycles. The Morgan fingerprint density at radius 2 is 2.11 bits per heavy atom. The minimum absolute atomic E-state index is 0.00114. The first kappa shape index (κ1) is 14.4. The molecule has 1 fully saturated rings. The van der Waals surface area contributed by atoms with Gasteiger partial charge in [-0.15, -0.1) is 0 Å². The second kappa shape index (κ2) is 4.85. The zero-order valence-corrected chi connectivity index (χ0v) is 12.0. The lowest BCUT2D eigenvalue weighted by atomic mass is 9.81. The summed E-state index contributed by atoms with van der Waals surface area (Å²) in [5.41, 5.74) is 5.72. The highest BCUT2D eigenvalue weighted by atomic mass is 32.2. The lowest BCUT2D eigenvalue weighted by Gasteiger charge is -2.41. The van der Waals surface area contributed by atoms with Gasteiger partial charge >= 0.3 is 0 Å². The number of benzene rings is 1. The normalized spacial score (nSPS) is 24.3. The van der Waals surface area contributed by atoms with Crippen molar-refractivity contribution in [3.05, 3.63) is 30.1 Å². The van der Waals surface area contributed by atoms with Gasteiger partial charge in [-0.2, -0.15) is 4.31 Å². The second-order valence-corrected chi connectivity index (χ2v) is 7.62. The van der Waals surface area contributed by atoms with E-state index in [9.17, 15) is 12.8 Å². The van der Waals surface area contributed by atoms with Crippen molar-refractivity contribution >= 4 is 10.0 Å². The van der Waals surface area contributed by atoms with Crippen LogP contribution in [0.5, 0.6) is 0 Å². The maximum atomic E-state index is 13.2. The molecule has 0 spiro atoms. The number of nitrogens with zero attached hydrogens (tertiary/aromatic N) is 1. The molecule has 1 heterocycles. The Labute approximate surface area is 113 Å². The molecule has 0 bridgehead atoms. The van der Waals surface area contributed by atoms with Crippen LogP contribution in [0.2, 0.25) is 0 Å². The molecule has 1 aromatic carbocycles. The third-order valence-electron chi connectivity index (χ3n) is 3.71. The summed E-state index contributed by atoms with van der Waals surface area (Å²) >= 11 is 0. The molecule has 1 atom stereocenters. The molecule has 2 rings (SSSR count). The molecule has 6 heteroatoms. The molecule has 0 saturated carbocycles. The first-order chi connectivity index (χ1) is 8.73. The Balaban J connectivity index is 2.31. The van der Waals surface area contributed by atoms with Gasteiger partial charge in [0.25, 0.3) is 0 Å². The molecule has 1 unspecified atom stereocenters. The molecule has 2 N–H and O–H groups in total. The highest BCUT2D eigenvalue weighted by Crippen LogP contribution is 2.31. The van der Waals surface area contributed by atoms with E-state index in [4.69, 9.17) is 5.73 Å². The van der Waals surface area contributed by atoms with E-state index in [0.29, 0.717) is 19.5 Å². The number of hydrogen-bond acceptors (Lipinski definition) is 3. The van der Waals surface area contributed by atoms with Gasteiger partial charge in [0.15, 0.2) is 0 Å². The third-order valence-corrected chi connectivity index (χ3v) is 5.55. The SMILES string of the molecule is CC1(C)CN(S(=O)(=O)c2cccc(F)c2)CCC1N. The van der Waals surface area contributed by atoms with Gasteiger partial charge in [-0.3, -0.25) is 0 Å². The Bertz CT molecular complexity index is 572. The number of sulfonamides is 1. The molecule has 1 saturated heterocycles. The molecular formula is C13H19FN2O2S. The van der Waals surface area contributed by atoms with Gasteiger partial charge in [-0.05, 0) is 30.0 Å². The first-order valence-electron chi connectivity index (χ1n) is 6.25. The fourth-order valence-electron chi connectivity index (χ4n) is 2.31. The van der Waals surface area contributed by atoms with Gasteiger partial charge in [0, 0.05) is 19.1 Å². The summed E-state index contributed by atoms with van der Waals surface area (Å²) in [6.45, 7) is 4.63. The fourth-order valence-corrected chi connectivity index (χ4v) is 3.96. The van der Waals surface area contributed by atoms with Crippen LogP contribution in [0.15, 0.2) is 29.2 Å². The molecular weight excluding hydrogens is 267 g/mol. The Morgan fingerprint density at radius 3 is 2.68 bits per heavy atom. The summed E-state index contributed by atoms with van der Waals surface area (Å²) in [5.74, 6) is -0.547. The van der Waals surface area contributed by atoms with Crippen LogP contribution in [-0.4, -0.2) is 31.9 Å². The molecule has 4 nitrogen and oxygen atoms in total. The number of halogens is 1. The standard InChI is InChI=1S/C13H19FN2O2S/c1-13(2)9-16(7-6-12(13)15)19(17,18)11-5-3-4-10(14)8-11/h3-5,8,12H,6-7,9,15H2,1-2H3. The van der Waals surface area contributed by atoms with Gasteiger partial charge in [0.05, 0.1) is 4.90 Å². The predicted molar refractivity (Wildman–Crippen MR) is 71.5 cm³/mol. The van der Waals surface area contributed by atoms with E-state index in [-0.39, 0.29) is 16.4 Å². The van der Waals surface area contributed by atoms with Crippen molar-refractivity contribution in [2.24, 2.45) is 11.1 Å². The van der Waals surface area contributed by atoms with E-state index < -0.39 is 15.8 Å². The Hall–Kier alpha value is -0.980. The molecule has 1 aliphatic rings. The van der Waals surface area contributed by atoms with Crippen molar-refractivity contribution in [2.75, 3.05) is 13.1 Å². The summed E-state index contributed by atoms with van der Waals surface area (Å²) < 4.78 is 39.5. The van der Waals surface area contributed by atoms with Crippen LogP contribution in [0.4, 0.5) is 4.39 Å². The van der Waals surface area contributed by atoms with Crippen molar-refractivity contribution in [3.63, 3.8) is 0 Å².